The Labute approximate surface area is 124 Å². The van der Waals surface area contributed by atoms with Crippen molar-refractivity contribution < 1.29 is 0 Å². The van der Waals surface area contributed by atoms with Gasteiger partial charge in [0.2, 0.25) is 0 Å². The average Bonchev–Trinajstić information content (AvgIpc) is 2.86. The van der Waals surface area contributed by atoms with Gasteiger partial charge >= 0.3 is 0 Å². The number of nitrogens with one attached hydrogen (secondary N) is 1. The van der Waals surface area contributed by atoms with Gasteiger partial charge in [-0.05, 0) is 31.9 Å². The monoisotopic (exact) mass is 287 g/mol. The lowest BCUT2D eigenvalue weighted by Crippen LogP contribution is -2.41. The summed E-state index contributed by atoms with van der Waals surface area (Å²) >= 11 is 1.75. The molecule has 0 bridgehead atoms. The molecule has 3 rings (SSSR count). The number of aromatic nitrogens is 1. The van der Waals surface area contributed by atoms with Gasteiger partial charge in [-0.15, -0.1) is 11.3 Å². The molecule has 3 nitrogen and oxygen atoms in total. The molecule has 1 aromatic carbocycles. The summed E-state index contributed by atoms with van der Waals surface area (Å²) in [6, 6.07) is 11.3. The summed E-state index contributed by atoms with van der Waals surface area (Å²) in [6.07, 6.45) is 4.44. The van der Waals surface area contributed by atoms with Gasteiger partial charge in [0.15, 0.2) is 5.13 Å². The summed E-state index contributed by atoms with van der Waals surface area (Å²) in [7, 11) is 0. The standard InChI is InChI=1S/C16H21N3S/c1-13-10-17-16(20-13)18-15-8-5-9-19(12-15)11-14-6-3-2-4-7-14/h2-4,6-7,10,15H,5,8-9,11-12H2,1H3,(H,17,18). The maximum Gasteiger partial charge on any atom is 0.183 e. The predicted molar refractivity (Wildman–Crippen MR) is 85.2 cm³/mol. The van der Waals surface area contributed by atoms with Gasteiger partial charge in [-0.25, -0.2) is 4.98 Å². The fraction of sp³-hybridized carbons (Fsp3) is 0.438. The number of rotatable bonds is 4. The lowest BCUT2D eigenvalue weighted by molar-refractivity contribution is 0.208. The maximum atomic E-state index is 4.41. The maximum absolute atomic E-state index is 4.41. The second-order valence-electron chi connectivity index (χ2n) is 5.48. The molecule has 2 aromatic rings. The molecule has 1 aromatic heterocycles. The molecule has 1 aliphatic rings. The number of likely N-dealkylation sites (tertiary alicyclic amines) is 1. The lowest BCUT2D eigenvalue weighted by Gasteiger charge is -2.33. The highest BCUT2D eigenvalue weighted by atomic mass is 32.1. The van der Waals surface area contributed by atoms with Gasteiger partial charge in [-0.2, -0.15) is 0 Å². The van der Waals surface area contributed by atoms with E-state index in [-0.39, 0.29) is 0 Å². The number of aryl methyl sites for hydroxylation is 1. The highest BCUT2D eigenvalue weighted by Gasteiger charge is 2.20. The third-order valence-corrected chi connectivity index (χ3v) is 4.55. The molecule has 1 N–H and O–H groups in total. The zero-order valence-corrected chi connectivity index (χ0v) is 12.7. The Kier molecular flexibility index (Phi) is 4.33. The van der Waals surface area contributed by atoms with Crippen molar-refractivity contribution in [1.29, 1.82) is 0 Å². The number of piperidine rings is 1. The molecule has 106 valence electrons. The number of anilines is 1. The van der Waals surface area contributed by atoms with E-state index in [1.54, 1.807) is 11.3 Å². The molecule has 0 amide bonds. The summed E-state index contributed by atoms with van der Waals surface area (Å²) in [5.74, 6) is 0. The van der Waals surface area contributed by atoms with Crippen LogP contribution in [0.25, 0.3) is 0 Å². The molecule has 1 atom stereocenters. The molecule has 1 unspecified atom stereocenters. The van der Waals surface area contributed by atoms with Crippen LogP contribution >= 0.6 is 11.3 Å². The molecule has 0 aliphatic carbocycles. The predicted octanol–water partition coefficient (Wildman–Crippen LogP) is 3.53. The van der Waals surface area contributed by atoms with E-state index >= 15 is 0 Å². The minimum Gasteiger partial charge on any atom is -0.357 e. The molecular weight excluding hydrogens is 266 g/mol. The number of thiazole rings is 1. The SMILES string of the molecule is Cc1cnc(NC2CCCN(Cc3ccccc3)C2)s1. The minimum absolute atomic E-state index is 0.526. The van der Waals surface area contributed by atoms with Gasteiger partial charge in [-0.3, -0.25) is 4.90 Å². The van der Waals surface area contributed by atoms with Crippen LogP contribution in [0.15, 0.2) is 36.5 Å². The van der Waals surface area contributed by atoms with Crippen molar-refractivity contribution in [2.75, 3.05) is 18.4 Å². The van der Waals surface area contributed by atoms with Gasteiger partial charge in [0.05, 0.1) is 0 Å². The number of nitrogens with zero attached hydrogens (tertiary/aromatic N) is 2. The first-order chi connectivity index (χ1) is 9.79. The third-order valence-electron chi connectivity index (χ3n) is 3.70. The molecule has 1 fully saturated rings. The molecule has 0 radical (unpaired) electrons. The smallest absolute Gasteiger partial charge is 0.183 e. The zero-order chi connectivity index (χ0) is 13.8. The molecule has 4 heteroatoms. The number of hydrogen-bond acceptors (Lipinski definition) is 4. The van der Waals surface area contributed by atoms with Gasteiger partial charge in [-0.1, -0.05) is 30.3 Å². The highest BCUT2D eigenvalue weighted by Crippen LogP contribution is 2.21. The van der Waals surface area contributed by atoms with E-state index < -0.39 is 0 Å². The molecular formula is C16H21N3S. The van der Waals surface area contributed by atoms with Crippen molar-refractivity contribution in [2.45, 2.75) is 32.4 Å². The van der Waals surface area contributed by atoms with Crippen LogP contribution < -0.4 is 5.32 Å². The molecule has 0 saturated carbocycles. The second kappa shape index (κ2) is 6.37. The quantitative estimate of drug-likeness (QED) is 0.932. The zero-order valence-electron chi connectivity index (χ0n) is 11.9. The Balaban J connectivity index is 1.56. The largest absolute Gasteiger partial charge is 0.357 e. The van der Waals surface area contributed by atoms with Crippen molar-refractivity contribution >= 4 is 16.5 Å². The Morgan fingerprint density at radius 2 is 2.20 bits per heavy atom. The van der Waals surface area contributed by atoms with Gasteiger partial charge in [0, 0.05) is 30.2 Å². The lowest BCUT2D eigenvalue weighted by atomic mass is 10.1. The van der Waals surface area contributed by atoms with Crippen molar-refractivity contribution in [3.05, 3.63) is 47.0 Å². The minimum atomic E-state index is 0.526. The number of benzene rings is 1. The van der Waals surface area contributed by atoms with Crippen molar-refractivity contribution in [3.8, 4) is 0 Å². The van der Waals surface area contributed by atoms with Crippen LogP contribution in [0.5, 0.6) is 0 Å². The molecule has 2 heterocycles. The van der Waals surface area contributed by atoms with Crippen LogP contribution in [-0.2, 0) is 6.54 Å². The van der Waals surface area contributed by atoms with Crippen LogP contribution in [0, 0.1) is 6.92 Å². The normalized spacial score (nSPS) is 19.9. The Morgan fingerprint density at radius 3 is 2.95 bits per heavy atom. The topological polar surface area (TPSA) is 28.2 Å². The molecule has 1 saturated heterocycles. The van der Waals surface area contributed by atoms with E-state index in [2.05, 4.69) is 52.5 Å². The van der Waals surface area contributed by atoms with E-state index in [0.29, 0.717) is 6.04 Å². The summed E-state index contributed by atoms with van der Waals surface area (Å²) in [5.41, 5.74) is 1.40. The molecule has 1 aliphatic heterocycles. The van der Waals surface area contributed by atoms with E-state index in [4.69, 9.17) is 0 Å². The van der Waals surface area contributed by atoms with E-state index in [0.717, 1.165) is 18.2 Å². The molecule has 20 heavy (non-hydrogen) atoms. The van der Waals surface area contributed by atoms with Crippen molar-refractivity contribution in [3.63, 3.8) is 0 Å². The fourth-order valence-electron chi connectivity index (χ4n) is 2.75. The first-order valence-electron chi connectivity index (χ1n) is 7.25. The van der Waals surface area contributed by atoms with Crippen LogP contribution in [0.2, 0.25) is 0 Å². The van der Waals surface area contributed by atoms with E-state index in [1.165, 1.54) is 29.8 Å². The average molecular weight is 287 g/mol. The van der Waals surface area contributed by atoms with Gasteiger partial charge in [0.25, 0.3) is 0 Å². The van der Waals surface area contributed by atoms with Crippen molar-refractivity contribution in [2.24, 2.45) is 0 Å². The van der Waals surface area contributed by atoms with E-state index in [1.807, 2.05) is 6.20 Å². The van der Waals surface area contributed by atoms with Crippen LogP contribution in [-0.4, -0.2) is 29.0 Å². The Hall–Kier alpha value is -1.39. The van der Waals surface area contributed by atoms with Crippen LogP contribution in [0.3, 0.4) is 0 Å². The van der Waals surface area contributed by atoms with Gasteiger partial charge in [0.1, 0.15) is 0 Å². The summed E-state index contributed by atoms with van der Waals surface area (Å²) in [5, 5.41) is 4.65. The second-order valence-corrected chi connectivity index (χ2v) is 6.72. The molecule has 0 spiro atoms. The first-order valence-corrected chi connectivity index (χ1v) is 8.06. The highest BCUT2D eigenvalue weighted by molar-refractivity contribution is 7.15. The van der Waals surface area contributed by atoms with E-state index in [9.17, 15) is 0 Å². The van der Waals surface area contributed by atoms with Crippen LogP contribution in [0.4, 0.5) is 5.13 Å². The Bertz CT molecular complexity index is 538. The fourth-order valence-corrected chi connectivity index (χ4v) is 3.50. The van der Waals surface area contributed by atoms with Gasteiger partial charge < -0.3 is 5.32 Å². The summed E-state index contributed by atoms with van der Waals surface area (Å²) in [4.78, 5) is 8.21. The number of hydrogen-bond donors (Lipinski definition) is 1. The van der Waals surface area contributed by atoms with Crippen molar-refractivity contribution in [1.82, 2.24) is 9.88 Å². The van der Waals surface area contributed by atoms with Crippen LogP contribution in [0.1, 0.15) is 23.3 Å². The summed E-state index contributed by atoms with van der Waals surface area (Å²) < 4.78 is 0. The summed E-state index contributed by atoms with van der Waals surface area (Å²) in [6.45, 7) is 5.46. The Morgan fingerprint density at radius 1 is 1.35 bits per heavy atom. The third kappa shape index (κ3) is 3.58. The first kappa shape index (κ1) is 13.6.